The van der Waals surface area contributed by atoms with E-state index in [1.165, 1.54) is 0 Å². The first-order valence-corrected chi connectivity index (χ1v) is 4.23. The van der Waals surface area contributed by atoms with Gasteiger partial charge in [0.25, 0.3) is 0 Å². The lowest BCUT2D eigenvalue weighted by Gasteiger charge is -1.92. The largest absolute Gasteiger partial charge is 0.361 e. The fourth-order valence-corrected chi connectivity index (χ4v) is 1.01. The molecule has 2 aromatic heterocycles. The van der Waals surface area contributed by atoms with E-state index in [4.69, 9.17) is 14.8 Å². The van der Waals surface area contributed by atoms with E-state index in [1.807, 2.05) is 0 Å². The summed E-state index contributed by atoms with van der Waals surface area (Å²) < 4.78 is 9.83. The second-order valence-corrected chi connectivity index (χ2v) is 2.99. The first-order valence-electron chi connectivity index (χ1n) is 4.23. The SMILES string of the molecule is C[C@@H](N)c1nc(Cc2ccno2)no1.Cl. The molecule has 0 aliphatic heterocycles. The number of aromatic nitrogens is 3. The molecule has 2 aromatic rings. The van der Waals surface area contributed by atoms with Gasteiger partial charge in [-0.15, -0.1) is 12.4 Å². The molecular weight excluding hydrogens is 220 g/mol. The van der Waals surface area contributed by atoms with Crippen LogP contribution in [0.15, 0.2) is 21.3 Å². The van der Waals surface area contributed by atoms with Gasteiger partial charge < -0.3 is 14.8 Å². The molecule has 2 N–H and O–H groups in total. The zero-order chi connectivity index (χ0) is 9.97. The van der Waals surface area contributed by atoms with E-state index in [0.717, 1.165) is 0 Å². The van der Waals surface area contributed by atoms with Crippen LogP contribution < -0.4 is 5.73 Å². The second kappa shape index (κ2) is 4.90. The van der Waals surface area contributed by atoms with E-state index in [9.17, 15) is 0 Å². The number of hydrogen-bond acceptors (Lipinski definition) is 6. The van der Waals surface area contributed by atoms with E-state index in [2.05, 4.69) is 15.3 Å². The van der Waals surface area contributed by atoms with Crippen molar-refractivity contribution in [2.24, 2.45) is 5.73 Å². The van der Waals surface area contributed by atoms with Crippen LogP contribution >= 0.6 is 12.4 Å². The molecule has 7 heteroatoms. The molecule has 0 saturated carbocycles. The normalized spacial score (nSPS) is 12.1. The fraction of sp³-hybridized carbons (Fsp3) is 0.375. The lowest BCUT2D eigenvalue weighted by molar-refractivity contribution is 0.354. The summed E-state index contributed by atoms with van der Waals surface area (Å²) in [5.74, 6) is 1.68. The van der Waals surface area contributed by atoms with Gasteiger partial charge in [-0.05, 0) is 6.92 Å². The van der Waals surface area contributed by atoms with Crippen molar-refractivity contribution >= 4 is 12.4 Å². The highest BCUT2D eigenvalue weighted by atomic mass is 35.5. The fourth-order valence-electron chi connectivity index (χ4n) is 1.01. The summed E-state index contributed by atoms with van der Waals surface area (Å²) >= 11 is 0. The quantitative estimate of drug-likeness (QED) is 0.849. The van der Waals surface area contributed by atoms with Crippen LogP contribution in [0, 0.1) is 0 Å². The van der Waals surface area contributed by atoms with Crippen LogP contribution in [0.25, 0.3) is 0 Å². The molecule has 2 rings (SSSR count). The first kappa shape index (κ1) is 11.7. The summed E-state index contributed by atoms with van der Waals surface area (Å²) in [6, 6.07) is 1.51. The van der Waals surface area contributed by atoms with E-state index in [1.54, 1.807) is 19.2 Å². The molecule has 0 radical (unpaired) electrons. The Kier molecular flexibility index (Phi) is 3.81. The highest BCUT2D eigenvalue weighted by molar-refractivity contribution is 5.85. The third kappa shape index (κ3) is 2.77. The predicted octanol–water partition coefficient (Wildman–Crippen LogP) is 1.09. The second-order valence-electron chi connectivity index (χ2n) is 2.99. The van der Waals surface area contributed by atoms with Crippen LogP contribution in [0.1, 0.15) is 30.4 Å². The maximum atomic E-state index is 5.57. The lowest BCUT2D eigenvalue weighted by Crippen LogP contribution is -2.05. The Labute approximate surface area is 92.2 Å². The van der Waals surface area contributed by atoms with E-state index >= 15 is 0 Å². The molecule has 0 unspecified atom stereocenters. The zero-order valence-electron chi connectivity index (χ0n) is 8.08. The molecule has 0 bridgehead atoms. The number of rotatable bonds is 3. The Morgan fingerprint density at radius 1 is 1.47 bits per heavy atom. The molecule has 82 valence electrons. The standard InChI is InChI=1S/C8H10N4O2.ClH/c1-5(9)8-11-7(12-14-8)4-6-2-3-10-13-6;/h2-3,5H,4,9H2,1H3;1H/t5-;/m1./s1. The van der Waals surface area contributed by atoms with Crippen LogP contribution in [0.2, 0.25) is 0 Å². The molecule has 0 amide bonds. The molecular formula is C8H11ClN4O2. The Morgan fingerprint density at radius 2 is 2.27 bits per heavy atom. The summed E-state index contributed by atoms with van der Waals surface area (Å²) in [5, 5.41) is 7.33. The van der Waals surface area contributed by atoms with Gasteiger partial charge in [0.05, 0.1) is 18.7 Å². The van der Waals surface area contributed by atoms with Crippen molar-refractivity contribution in [1.82, 2.24) is 15.3 Å². The van der Waals surface area contributed by atoms with E-state index in [0.29, 0.717) is 23.9 Å². The minimum absolute atomic E-state index is 0. The van der Waals surface area contributed by atoms with Crippen LogP contribution in [-0.2, 0) is 6.42 Å². The Balaban J connectivity index is 0.00000112. The van der Waals surface area contributed by atoms with Gasteiger partial charge in [0, 0.05) is 6.07 Å². The molecule has 0 aliphatic carbocycles. The van der Waals surface area contributed by atoms with Gasteiger partial charge in [0.2, 0.25) is 5.89 Å². The number of nitrogens with two attached hydrogens (primary N) is 1. The third-order valence-corrected chi connectivity index (χ3v) is 1.70. The van der Waals surface area contributed by atoms with Crippen molar-refractivity contribution in [2.75, 3.05) is 0 Å². The van der Waals surface area contributed by atoms with Crippen molar-refractivity contribution in [3.63, 3.8) is 0 Å². The molecule has 15 heavy (non-hydrogen) atoms. The van der Waals surface area contributed by atoms with Crippen molar-refractivity contribution in [2.45, 2.75) is 19.4 Å². The van der Waals surface area contributed by atoms with Gasteiger partial charge in [-0.2, -0.15) is 4.98 Å². The average molecular weight is 231 g/mol. The van der Waals surface area contributed by atoms with Crippen molar-refractivity contribution in [3.05, 3.63) is 29.7 Å². The lowest BCUT2D eigenvalue weighted by atomic mass is 10.3. The topological polar surface area (TPSA) is 91.0 Å². The maximum absolute atomic E-state index is 5.57. The van der Waals surface area contributed by atoms with Crippen molar-refractivity contribution in [1.29, 1.82) is 0 Å². The number of nitrogens with zero attached hydrogens (tertiary/aromatic N) is 3. The maximum Gasteiger partial charge on any atom is 0.243 e. The minimum atomic E-state index is -0.244. The molecule has 0 spiro atoms. The summed E-state index contributed by atoms with van der Waals surface area (Å²) in [4.78, 5) is 4.09. The van der Waals surface area contributed by atoms with Crippen LogP contribution in [-0.4, -0.2) is 15.3 Å². The summed E-state index contributed by atoms with van der Waals surface area (Å²) in [5.41, 5.74) is 5.57. The molecule has 6 nitrogen and oxygen atoms in total. The molecule has 0 saturated heterocycles. The molecule has 0 fully saturated rings. The van der Waals surface area contributed by atoms with Gasteiger partial charge in [-0.3, -0.25) is 0 Å². The minimum Gasteiger partial charge on any atom is -0.361 e. The van der Waals surface area contributed by atoms with E-state index in [-0.39, 0.29) is 18.4 Å². The average Bonchev–Trinajstić information content (AvgIpc) is 2.75. The molecule has 0 aliphatic rings. The third-order valence-electron chi connectivity index (χ3n) is 1.70. The highest BCUT2D eigenvalue weighted by Crippen LogP contribution is 2.09. The smallest absolute Gasteiger partial charge is 0.243 e. The van der Waals surface area contributed by atoms with Crippen molar-refractivity contribution < 1.29 is 9.05 Å². The van der Waals surface area contributed by atoms with E-state index < -0.39 is 0 Å². The van der Waals surface area contributed by atoms with Crippen molar-refractivity contribution in [3.8, 4) is 0 Å². The zero-order valence-corrected chi connectivity index (χ0v) is 8.90. The predicted molar refractivity (Wildman–Crippen MR) is 53.5 cm³/mol. The van der Waals surface area contributed by atoms with Gasteiger partial charge in [-0.1, -0.05) is 10.3 Å². The van der Waals surface area contributed by atoms with Gasteiger partial charge >= 0.3 is 0 Å². The van der Waals surface area contributed by atoms with Crippen LogP contribution in [0.4, 0.5) is 0 Å². The highest BCUT2D eigenvalue weighted by Gasteiger charge is 2.11. The summed E-state index contributed by atoms with van der Waals surface area (Å²) in [7, 11) is 0. The van der Waals surface area contributed by atoms with Crippen LogP contribution in [0.5, 0.6) is 0 Å². The summed E-state index contributed by atoms with van der Waals surface area (Å²) in [6.45, 7) is 1.78. The van der Waals surface area contributed by atoms with Gasteiger partial charge in [-0.25, -0.2) is 0 Å². The number of halogens is 1. The molecule has 2 heterocycles. The first-order chi connectivity index (χ1) is 6.75. The molecule has 1 atom stereocenters. The Morgan fingerprint density at radius 3 is 2.80 bits per heavy atom. The van der Waals surface area contributed by atoms with Crippen LogP contribution in [0.3, 0.4) is 0 Å². The Hall–Kier alpha value is -1.40. The van der Waals surface area contributed by atoms with Gasteiger partial charge in [0.15, 0.2) is 5.82 Å². The Bertz CT molecular complexity index is 398. The summed E-state index contributed by atoms with van der Waals surface area (Å²) in [6.07, 6.45) is 2.04. The molecule has 0 aromatic carbocycles. The van der Waals surface area contributed by atoms with Gasteiger partial charge in [0.1, 0.15) is 5.76 Å². The number of hydrogen-bond donors (Lipinski definition) is 1. The monoisotopic (exact) mass is 230 g/mol.